The number of aromatic nitrogens is 1. The van der Waals surface area contributed by atoms with E-state index in [1.807, 2.05) is 48.5 Å². The number of rotatable bonds is 3. The minimum Gasteiger partial charge on any atom is -0.496 e. The van der Waals surface area contributed by atoms with Crippen LogP contribution >= 0.6 is 11.6 Å². The average molecular weight is 300 g/mol. The number of nitrogens with zero attached hydrogens (tertiary/aromatic N) is 1. The fourth-order valence-electron chi connectivity index (χ4n) is 2.34. The molecule has 0 saturated carbocycles. The predicted molar refractivity (Wildman–Crippen MR) is 85.3 cm³/mol. The van der Waals surface area contributed by atoms with Crippen LogP contribution in [0.15, 0.2) is 48.5 Å². The number of hydrogen-bond donors (Lipinski definition) is 0. The highest BCUT2D eigenvalue weighted by molar-refractivity contribution is 6.31. The second kappa shape index (κ2) is 5.62. The summed E-state index contributed by atoms with van der Waals surface area (Å²) in [6.07, 6.45) is 0. The van der Waals surface area contributed by atoms with Crippen molar-refractivity contribution in [2.24, 2.45) is 0 Å². The van der Waals surface area contributed by atoms with Crippen LogP contribution in [0, 0.1) is 0 Å². The minimum atomic E-state index is 0.701. The summed E-state index contributed by atoms with van der Waals surface area (Å²) in [4.78, 5) is 4.69. The van der Waals surface area contributed by atoms with Crippen LogP contribution in [0.25, 0.3) is 22.2 Å². The molecule has 0 aliphatic rings. The molecule has 0 aliphatic heterocycles. The first-order valence-corrected chi connectivity index (χ1v) is 6.88. The molecule has 3 nitrogen and oxygen atoms in total. The Morgan fingerprint density at radius 3 is 2.29 bits per heavy atom. The third-order valence-corrected chi connectivity index (χ3v) is 3.57. The van der Waals surface area contributed by atoms with Crippen molar-refractivity contribution in [1.82, 2.24) is 4.98 Å². The van der Waals surface area contributed by atoms with E-state index < -0.39 is 0 Å². The van der Waals surface area contributed by atoms with Crippen LogP contribution in [0.2, 0.25) is 5.02 Å². The Morgan fingerprint density at radius 1 is 0.905 bits per heavy atom. The molecule has 1 heterocycles. The molecular weight excluding hydrogens is 286 g/mol. The third kappa shape index (κ3) is 2.52. The first-order valence-electron chi connectivity index (χ1n) is 6.50. The van der Waals surface area contributed by atoms with Gasteiger partial charge in [0.1, 0.15) is 11.5 Å². The number of halogens is 1. The molecule has 0 N–H and O–H groups in total. The predicted octanol–water partition coefficient (Wildman–Crippen LogP) is 4.57. The van der Waals surface area contributed by atoms with Crippen molar-refractivity contribution in [2.75, 3.05) is 14.2 Å². The Labute approximate surface area is 128 Å². The molecule has 21 heavy (non-hydrogen) atoms. The van der Waals surface area contributed by atoms with E-state index in [1.165, 1.54) is 0 Å². The van der Waals surface area contributed by atoms with Crippen molar-refractivity contribution in [3.63, 3.8) is 0 Å². The monoisotopic (exact) mass is 299 g/mol. The third-order valence-electron chi connectivity index (χ3n) is 3.34. The van der Waals surface area contributed by atoms with E-state index in [9.17, 15) is 0 Å². The summed E-state index contributed by atoms with van der Waals surface area (Å²) in [5.41, 5.74) is 2.53. The number of fused-ring (bicyclic) bond motifs is 1. The fraction of sp³-hybridized carbons (Fsp3) is 0.118. The van der Waals surface area contributed by atoms with E-state index in [2.05, 4.69) is 4.98 Å². The van der Waals surface area contributed by atoms with Gasteiger partial charge in [0.15, 0.2) is 0 Å². The molecule has 1 aromatic heterocycles. The summed E-state index contributed by atoms with van der Waals surface area (Å²) in [6, 6.07) is 15.3. The Bertz CT molecular complexity index is 780. The van der Waals surface area contributed by atoms with E-state index in [4.69, 9.17) is 21.1 Å². The fourth-order valence-corrected chi connectivity index (χ4v) is 2.52. The molecule has 106 valence electrons. The van der Waals surface area contributed by atoms with E-state index in [-0.39, 0.29) is 0 Å². The Hall–Kier alpha value is -2.26. The van der Waals surface area contributed by atoms with E-state index >= 15 is 0 Å². The summed E-state index contributed by atoms with van der Waals surface area (Å²) in [5.74, 6) is 1.46. The molecule has 4 heteroatoms. The standard InChI is InChI=1S/C17H14ClNO2/c1-20-15-4-3-5-16(21-2)17(15)14-8-6-11-10-12(18)7-9-13(11)19-14/h3-10H,1-2H3. The quantitative estimate of drug-likeness (QED) is 0.710. The zero-order valence-electron chi connectivity index (χ0n) is 11.8. The van der Waals surface area contributed by atoms with Gasteiger partial charge in [-0.25, -0.2) is 4.98 Å². The van der Waals surface area contributed by atoms with Crippen LogP contribution in [0.5, 0.6) is 11.5 Å². The highest BCUT2D eigenvalue weighted by Crippen LogP contribution is 2.37. The molecule has 0 aliphatic carbocycles. The lowest BCUT2D eigenvalue weighted by Gasteiger charge is -2.13. The van der Waals surface area contributed by atoms with Crippen LogP contribution in [-0.2, 0) is 0 Å². The van der Waals surface area contributed by atoms with E-state index in [1.54, 1.807) is 14.2 Å². The van der Waals surface area contributed by atoms with E-state index in [0.29, 0.717) is 5.02 Å². The highest BCUT2D eigenvalue weighted by atomic mass is 35.5. The summed E-state index contributed by atoms with van der Waals surface area (Å²) >= 11 is 6.00. The normalized spacial score (nSPS) is 10.6. The van der Waals surface area contributed by atoms with Crippen molar-refractivity contribution >= 4 is 22.5 Å². The van der Waals surface area contributed by atoms with Gasteiger partial charge in [0.05, 0.1) is 31.0 Å². The van der Waals surface area contributed by atoms with Crippen molar-refractivity contribution in [2.45, 2.75) is 0 Å². The lowest BCUT2D eigenvalue weighted by atomic mass is 10.1. The van der Waals surface area contributed by atoms with Gasteiger partial charge in [0.25, 0.3) is 0 Å². The Morgan fingerprint density at radius 2 is 1.62 bits per heavy atom. The largest absolute Gasteiger partial charge is 0.496 e. The number of methoxy groups -OCH3 is 2. The maximum atomic E-state index is 6.00. The van der Waals surface area contributed by atoms with Crippen LogP contribution in [-0.4, -0.2) is 19.2 Å². The average Bonchev–Trinajstić information content (AvgIpc) is 2.53. The number of ether oxygens (including phenoxy) is 2. The zero-order valence-corrected chi connectivity index (χ0v) is 12.5. The summed E-state index contributed by atoms with van der Waals surface area (Å²) in [7, 11) is 3.28. The van der Waals surface area contributed by atoms with Gasteiger partial charge in [-0.3, -0.25) is 0 Å². The van der Waals surface area contributed by atoms with Gasteiger partial charge in [-0.1, -0.05) is 23.7 Å². The smallest absolute Gasteiger partial charge is 0.132 e. The summed E-state index contributed by atoms with van der Waals surface area (Å²) in [5, 5.41) is 1.70. The van der Waals surface area contributed by atoms with Crippen molar-refractivity contribution in [3.05, 3.63) is 53.6 Å². The zero-order chi connectivity index (χ0) is 14.8. The van der Waals surface area contributed by atoms with Gasteiger partial charge in [-0.05, 0) is 36.4 Å². The molecule has 0 unspecified atom stereocenters. The van der Waals surface area contributed by atoms with Crippen LogP contribution < -0.4 is 9.47 Å². The maximum Gasteiger partial charge on any atom is 0.132 e. The lowest BCUT2D eigenvalue weighted by molar-refractivity contribution is 0.397. The summed E-state index contributed by atoms with van der Waals surface area (Å²) < 4.78 is 10.9. The molecular formula is C17H14ClNO2. The van der Waals surface area contributed by atoms with Crippen molar-refractivity contribution in [3.8, 4) is 22.8 Å². The molecule has 0 fully saturated rings. The van der Waals surface area contributed by atoms with Gasteiger partial charge >= 0.3 is 0 Å². The van der Waals surface area contributed by atoms with Crippen LogP contribution in [0.1, 0.15) is 0 Å². The molecule has 0 spiro atoms. The molecule has 3 rings (SSSR count). The summed E-state index contributed by atoms with van der Waals surface area (Å²) in [6.45, 7) is 0. The first-order chi connectivity index (χ1) is 10.2. The molecule has 0 atom stereocenters. The second-order valence-corrected chi connectivity index (χ2v) is 5.01. The molecule has 0 radical (unpaired) electrons. The Balaban J connectivity index is 2.23. The number of pyridine rings is 1. The van der Waals surface area contributed by atoms with Gasteiger partial charge in [0, 0.05) is 10.4 Å². The lowest BCUT2D eigenvalue weighted by Crippen LogP contribution is -1.94. The van der Waals surface area contributed by atoms with Gasteiger partial charge in [-0.2, -0.15) is 0 Å². The second-order valence-electron chi connectivity index (χ2n) is 4.57. The molecule has 0 amide bonds. The van der Waals surface area contributed by atoms with Gasteiger partial charge in [0.2, 0.25) is 0 Å². The minimum absolute atomic E-state index is 0.701. The molecule has 0 saturated heterocycles. The SMILES string of the molecule is COc1cccc(OC)c1-c1ccc2cc(Cl)ccc2n1. The van der Waals surface area contributed by atoms with E-state index in [0.717, 1.165) is 33.7 Å². The van der Waals surface area contributed by atoms with Gasteiger partial charge < -0.3 is 9.47 Å². The number of hydrogen-bond acceptors (Lipinski definition) is 3. The first kappa shape index (κ1) is 13.7. The number of benzene rings is 2. The van der Waals surface area contributed by atoms with Crippen molar-refractivity contribution in [1.29, 1.82) is 0 Å². The molecule has 3 aromatic rings. The van der Waals surface area contributed by atoms with Gasteiger partial charge in [-0.15, -0.1) is 0 Å². The van der Waals surface area contributed by atoms with Crippen molar-refractivity contribution < 1.29 is 9.47 Å². The maximum absolute atomic E-state index is 6.00. The van der Waals surface area contributed by atoms with Crippen LogP contribution in [0.3, 0.4) is 0 Å². The van der Waals surface area contributed by atoms with Crippen LogP contribution in [0.4, 0.5) is 0 Å². The Kier molecular flexibility index (Phi) is 3.67. The molecule has 0 bridgehead atoms. The molecule has 2 aromatic carbocycles. The highest BCUT2D eigenvalue weighted by Gasteiger charge is 2.13. The topological polar surface area (TPSA) is 31.4 Å².